The van der Waals surface area contributed by atoms with Crippen molar-refractivity contribution in [2.24, 2.45) is 17.8 Å². The predicted molar refractivity (Wildman–Crippen MR) is 68.1 cm³/mol. The summed E-state index contributed by atoms with van der Waals surface area (Å²) in [6.45, 7) is 5.59. The van der Waals surface area contributed by atoms with E-state index in [1.807, 2.05) is 13.8 Å². The quantitative estimate of drug-likeness (QED) is 0.670. The fraction of sp³-hybridized carbons (Fsp3) is 0.600. The van der Waals surface area contributed by atoms with Crippen molar-refractivity contribution in [1.29, 1.82) is 0 Å². The van der Waals surface area contributed by atoms with E-state index in [2.05, 4.69) is 0 Å². The maximum absolute atomic E-state index is 12.1. The van der Waals surface area contributed by atoms with E-state index >= 15 is 0 Å². The van der Waals surface area contributed by atoms with Gasteiger partial charge in [-0.05, 0) is 26.3 Å². The molecule has 19 heavy (non-hydrogen) atoms. The van der Waals surface area contributed by atoms with E-state index in [9.17, 15) is 14.7 Å². The molecule has 2 aliphatic carbocycles. The van der Waals surface area contributed by atoms with Gasteiger partial charge in [0.25, 0.3) is 0 Å². The summed E-state index contributed by atoms with van der Waals surface area (Å²) in [5.41, 5.74) is 2.59. The number of allylic oxidation sites excluding steroid dienone is 1. The van der Waals surface area contributed by atoms with E-state index in [0.717, 1.165) is 16.7 Å². The highest BCUT2D eigenvalue weighted by Crippen LogP contribution is 2.47. The van der Waals surface area contributed by atoms with Crippen LogP contribution in [0.2, 0.25) is 0 Å². The molecule has 0 aromatic heterocycles. The zero-order valence-electron chi connectivity index (χ0n) is 11.3. The van der Waals surface area contributed by atoms with Gasteiger partial charge in [0.15, 0.2) is 5.78 Å². The van der Waals surface area contributed by atoms with Gasteiger partial charge >= 0.3 is 5.97 Å². The number of fused-ring (bicyclic) bond motifs is 3. The lowest BCUT2D eigenvalue weighted by atomic mass is 9.80. The van der Waals surface area contributed by atoms with Crippen LogP contribution in [0.25, 0.3) is 0 Å². The second-order valence-corrected chi connectivity index (χ2v) is 5.96. The predicted octanol–water partition coefficient (Wildman–Crippen LogP) is 1.39. The number of carbonyl (C=O) groups is 2. The summed E-state index contributed by atoms with van der Waals surface area (Å²) in [5.74, 6) is -0.957. The summed E-state index contributed by atoms with van der Waals surface area (Å²) in [5, 5.41) is 10.3. The summed E-state index contributed by atoms with van der Waals surface area (Å²) < 4.78 is 5.48. The smallest absolute Gasteiger partial charge is 0.309 e. The van der Waals surface area contributed by atoms with Gasteiger partial charge in [0, 0.05) is 17.4 Å². The molecule has 1 fully saturated rings. The molecular weight excluding hydrogens is 244 g/mol. The molecule has 102 valence electrons. The third kappa shape index (κ3) is 1.62. The Morgan fingerprint density at radius 1 is 1.32 bits per heavy atom. The molecule has 0 saturated carbocycles. The lowest BCUT2D eigenvalue weighted by Crippen LogP contribution is -2.35. The summed E-state index contributed by atoms with van der Waals surface area (Å²) in [4.78, 5) is 23.9. The summed E-state index contributed by atoms with van der Waals surface area (Å²) in [6.07, 6.45) is 1.06. The van der Waals surface area contributed by atoms with Crippen molar-refractivity contribution in [3.05, 3.63) is 22.8 Å². The molecule has 4 heteroatoms. The first-order chi connectivity index (χ1) is 8.91. The van der Waals surface area contributed by atoms with Crippen LogP contribution in [-0.2, 0) is 14.3 Å². The van der Waals surface area contributed by atoms with Crippen molar-refractivity contribution in [2.45, 2.75) is 39.4 Å². The first-order valence-electron chi connectivity index (χ1n) is 6.72. The molecule has 0 spiro atoms. The maximum Gasteiger partial charge on any atom is 0.309 e. The molecule has 5 atom stereocenters. The highest BCUT2D eigenvalue weighted by atomic mass is 16.6. The standard InChI is InChI=1S/C15H18O4/c1-6-4-10(17)13-8(3)15(18)19-14(13)12-7(2)5-9(16)11(6)12/h5,8,10,12-14,17H,4H2,1-3H3/t8-,10-,12?,13+,14+/m1/s1. The van der Waals surface area contributed by atoms with Crippen molar-refractivity contribution in [3.8, 4) is 0 Å². The van der Waals surface area contributed by atoms with Crippen molar-refractivity contribution in [2.75, 3.05) is 0 Å². The van der Waals surface area contributed by atoms with Gasteiger partial charge in [-0.1, -0.05) is 18.1 Å². The summed E-state index contributed by atoms with van der Waals surface area (Å²) in [7, 11) is 0. The van der Waals surface area contributed by atoms with Crippen molar-refractivity contribution in [3.63, 3.8) is 0 Å². The number of hydrogen-bond acceptors (Lipinski definition) is 4. The number of hydrogen-bond donors (Lipinski definition) is 1. The molecular formula is C15H18O4. The second-order valence-electron chi connectivity index (χ2n) is 5.96. The third-order valence-electron chi connectivity index (χ3n) is 4.75. The molecule has 1 N–H and O–H groups in total. The maximum atomic E-state index is 12.1. The SMILES string of the molecule is CC1=CC(=O)C2=C(C)C[C@@H](O)[C@@H]3[C@@H](C)C(=O)O[C@H]3C12. The number of carbonyl (C=O) groups excluding carboxylic acids is 2. The monoisotopic (exact) mass is 262 g/mol. The Labute approximate surface area is 112 Å². The molecule has 0 aromatic rings. The lowest BCUT2D eigenvalue weighted by Gasteiger charge is -2.26. The van der Waals surface area contributed by atoms with Gasteiger partial charge in [-0.2, -0.15) is 0 Å². The van der Waals surface area contributed by atoms with Crippen LogP contribution in [0, 0.1) is 17.8 Å². The van der Waals surface area contributed by atoms with Gasteiger partial charge in [0.05, 0.1) is 12.0 Å². The first kappa shape index (κ1) is 12.6. The van der Waals surface area contributed by atoms with Crippen LogP contribution in [0.1, 0.15) is 27.2 Å². The zero-order chi connectivity index (χ0) is 13.9. The highest BCUT2D eigenvalue weighted by Gasteiger charge is 2.53. The Morgan fingerprint density at radius 2 is 2.00 bits per heavy atom. The fourth-order valence-corrected chi connectivity index (χ4v) is 3.82. The summed E-state index contributed by atoms with van der Waals surface area (Å²) >= 11 is 0. The third-order valence-corrected chi connectivity index (χ3v) is 4.75. The molecule has 1 aliphatic heterocycles. The molecule has 0 aromatic carbocycles. The summed E-state index contributed by atoms with van der Waals surface area (Å²) in [6, 6.07) is 0. The van der Waals surface area contributed by atoms with Gasteiger partial charge < -0.3 is 9.84 Å². The Hall–Kier alpha value is -1.42. The minimum absolute atomic E-state index is 0.00320. The normalized spacial score (nSPS) is 41.7. The van der Waals surface area contributed by atoms with Crippen LogP contribution in [0.4, 0.5) is 0 Å². The van der Waals surface area contributed by atoms with Crippen LogP contribution >= 0.6 is 0 Å². The Balaban J connectivity index is 2.11. The molecule has 1 heterocycles. The number of aliphatic hydroxyl groups is 1. The average molecular weight is 262 g/mol. The number of ketones is 1. The Kier molecular flexibility index (Phi) is 2.68. The van der Waals surface area contributed by atoms with Crippen LogP contribution in [0.3, 0.4) is 0 Å². The number of rotatable bonds is 0. The van der Waals surface area contributed by atoms with Crippen LogP contribution in [0.15, 0.2) is 22.8 Å². The van der Waals surface area contributed by atoms with Crippen LogP contribution in [-0.4, -0.2) is 29.1 Å². The van der Waals surface area contributed by atoms with E-state index in [4.69, 9.17) is 4.74 Å². The molecule has 4 nitrogen and oxygen atoms in total. The number of ether oxygens (including phenoxy) is 1. The van der Waals surface area contributed by atoms with Crippen LogP contribution in [0.5, 0.6) is 0 Å². The van der Waals surface area contributed by atoms with E-state index in [-0.39, 0.29) is 29.5 Å². The van der Waals surface area contributed by atoms with E-state index in [1.165, 1.54) is 0 Å². The van der Waals surface area contributed by atoms with Gasteiger partial charge in [0.1, 0.15) is 6.10 Å². The lowest BCUT2D eigenvalue weighted by molar-refractivity contribution is -0.144. The van der Waals surface area contributed by atoms with Crippen molar-refractivity contribution in [1.82, 2.24) is 0 Å². The molecule has 0 radical (unpaired) electrons. The molecule has 0 bridgehead atoms. The first-order valence-corrected chi connectivity index (χ1v) is 6.72. The van der Waals surface area contributed by atoms with Crippen molar-refractivity contribution >= 4 is 11.8 Å². The topological polar surface area (TPSA) is 63.6 Å². The molecule has 1 unspecified atom stereocenters. The number of aliphatic hydroxyl groups excluding tert-OH is 1. The largest absolute Gasteiger partial charge is 0.461 e. The molecule has 0 amide bonds. The zero-order valence-corrected chi connectivity index (χ0v) is 11.3. The number of esters is 1. The van der Waals surface area contributed by atoms with Gasteiger partial charge in [-0.15, -0.1) is 0 Å². The van der Waals surface area contributed by atoms with Crippen molar-refractivity contribution < 1.29 is 19.4 Å². The van der Waals surface area contributed by atoms with E-state index < -0.39 is 12.2 Å². The minimum Gasteiger partial charge on any atom is -0.461 e. The fourth-order valence-electron chi connectivity index (χ4n) is 3.82. The Bertz CT molecular complexity index is 528. The van der Waals surface area contributed by atoms with Gasteiger partial charge in [0.2, 0.25) is 0 Å². The molecule has 3 aliphatic rings. The molecule has 1 saturated heterocycles. The average Bonchev–Trinajstić information content (AvgIpc) is 2.72. The minimum atomic E-state index is -0.620. The van der Waals surface area contributed by atoms with E-state index in [1.54, 1.807) is 13.0 Å². The Morgan fingerprint density at radius 3 is 2.68 bits per heavy atom. The second kappa shape index (κ2) is 4.04. The van der Waals surface area contributed by atoms with Gasteiger partial charge in [-0.3, -0.25) is 9.59 Å². The highest BCUT2D eigenvalue weighted by molar-refractivity contribution is 6.09. The van der Waals surface area contributed by atoms with Crippen LogP contribution < -0.4 is 0 Å². The van der Waals surface area contributed by atoms with Gasteiger partial charge in [-0.25, -0.2) is 0 Å². The van der Waals surface area contributed by atoms with E-state index in [0.29, 0.717) is 6.42 Å². The molecule has 3 rings (SSSR count).